The Morgan fingerprint density at radius 1 is 1.10 bits per heavy atom. The number of hydrogen-bond donors (Lipinski definition) is 4. The van der Waals surface area contributed by atoms with Crippen LogP contribution in [-0.4, -0.2) is 70.3 Å². The van der Waals surface area contributed by atoms with Gasteiger partial charge in [0.25, 0.3) is 0 Å². The van der Waals surface area contributed by atoms with E-state index < -0.39 is 11.9 Å². The summed E-state index contributed by atoms with van der Waals surface area (Å²) in [6.45, 7) is 5.19. The van der Waals surface area contributed by atoms with E-state index in [1.807, 2.05) is 17.0 Å². The molecule has 2 saturated heterocycles. The second kappa shape index (κ2) is 8.38. The first-order valence-electron chi connectivity index (χ1n) is 10.7. The van der Waals surface area contributed by atoms with E-state index in [-0.39, 0.29) is 0 Å². The van der Waals surface area contributed by atoms with Gasteiger partial charge in [0.05, 0.1) is 12.2 Å². The average Bonchev–Trinajstić information content (AvgIpc) is 3.28. The predicted octanol–water partition coefficient (Wildman–Crippen LogP) is 1.81. The maximum absolute atomic E-state index is 11.5. The van der Waals surface area contributed by atoms with Gasteiger partial charge in [0.15, 0.2) is 11.5 Å². The van der Waals surface area contributed by atoms with Crippen LogP contribution < -0.4 is 20.4 Å². The van der Waals surface area contributed by atoms with Crippen molar-refractivity contribution in [2.24, 2.45) is 5.92 Å². The Hall–Kier alpha value is -3.40. The van der Waals surface area contributed by atoms with Crippen molar-refractivity contribution in [3.63, 3.8) is 0 Å². The number of nitrogens with zero attached hydrogens (tertiary/aromatic N) is 5. The highest BCUT2D eigenvalue weighted by molar-refractivity contribution is 5.85. The smallest absolute Gasteiger partial charge is 0.308 e. The van der Waals surface area contributed by atoms with Crippen LogP contribution in [0.25, 0.3) is 11.2 Å². The van der Waals surface area contributed by atoms with Gasteiger partial charge in [-0.05, 0) is 37.1 Å². The SMILES string of the molecule is O=C(O)[C@@H]1CCCN(c2nc(Nc3ccc(N4CCNCC4)cc3)nc3nc[nH]c23)C1. The Labute approximate surface area is 179 Å². The monoisotopic (exact) mass is 422 g/mol. The molecule has 0 unspecified atom stereocenters. The molecule has 0 bridgehead atoms. The molecule has 1 aromatic carbocycles. The highest BCUT2D eigenvalue weighted by Crippen LogP contribution is 2.29. The summed E-state index contributed by atoms with van der Waals surface area (Å²) >= 11 is 0. The van der Waals surface area contributed by atoms with Gasteiger partial charge in [-0.1, -0.05) is 0 Å². The van der Waals surface area contributed by atoms with Gasteiger partial charge in [0, 0.05) is 50.6 Å². The minimum absolute atomic E-state index is 0.393. The van der Waals surface area contributed by atoms with Gasteiger partial charge in [-0.25, -0.2) is 4.98 Å². The summed E-state index contributed by atoms with van der Waals surface area (Å²) in [5.74, 6) is -0.0199. The number of fused-ring (bicyclic) bond motifs is 1. The van der Waals surface area contributed by atoms with Gasteiger partial charge in [-0.15, -0.1) is 0 Å². The summed E-state index contributed by atoms with van der Waals surface area (Å²) in [5, 5.41) is 16.1. The molecule has 0 radical (unpaired) electrons. The van der Waals surface area contributed by atoms with Crippen molar-refractivity contribution in [3.8, 4) is 0 Å². The number of hydrogen-bond acceptors (Lipinski definition) is 8. The number of aromatic amines is 1. The standard InChI is InChI=1S/C21H26N8O2/c30-20(31)14-2-1-9-29(12-14)19-17-18(24-13-23-17)26-21(27-19)25-15-3-5-16(6-4-15)28-10-7-22-8-11-28/h3-6,13-14,22H,1-2,7-12H2,(H,30,31)(H2,23,24,25,26,27)/t14-/m1/s1. The number of H-pyrrole nitrogens is 1. The number of rotatable bonds is 5. The quantitative estimate of drug-likeness (QED) is 0.487. The number of nitrogens with one attached hydrogen (secondary N) is 3. The van der Waals surface area contributed by atoms with E-state index in [4.69, 9.17) is 4.98 Å². The van der Waals surface area contributed by atoms with Crippen LogP contribution in [0, 0.1) is 5.92 Å². The molecule has 0 saturated carbocycles. The number of imidazole rings is 1. The van der Waals surface area contributed by atoms with Crippen molar-refractivity contribution in [2.75, 3.05) is 54.4 Å². The van der Waals surface area contributed by atoms with Crippen molar-refractivity contribution in [1.82, 2.24) is 25.3 Å². The molecule has 1 atom stereocenters. The number of anilines is 4. The lowest BCUT2D eigenvalue weighted by molar-refractivity contribution is -0.141. The first-order valence-corrected chi connectivity index (χ1v) is 10.7. The number of aliphatic carboxylic acids is 1. The summed E-state index contributed by atoms with van der Waals surface area (Å²) in [7, 11) is 0. The van der Waals surface area contributed by atoms with Crippen LogP contribution in [0.15, 0.2) is 30.6 Å². The molecule has 3 aromatic rings. The molecule has 4 heterocycles. The molecular weight excluding hydrogens is 396 g/mol. The van der Waals surface area contributed by atoms with Gasteiger partial charge < -0.3 is 30.5 Å². The molecule has 2 aromatic heterocycles. The van der Waals surface area contributed by atoms with E-state index >= 15 is 0 Å². The molecule has 0 aliphatic carbocycles. The Balaban J connectivity index is 1.38. The first kappa shape index (κ1) is 19.6. The summed E-state index contributed by atoms with van der Waals surface area (Å²) < 4.78 is 0. The molecule has 5 rings (SSSR count). The van der Waals surface area contributed by atoms with Crippen LogP contribution in [0.3, 0.4) is 0 Å². The number of benzene rings is 1. The average molecular weight is 422 g/mol. The fourth-order valence-corrected chi connectivity index (χ4v) is 4.28. The highest BCUT2D eigenvalue weighted by Gasteiger charge is 2.28. The summed E-state index contributed by atoms with van der Waals surface area (Å²) in [6, 6.07) is 8.25. The number of piperidine rings is 1. The maximum atomic E-state index is 11.5. The number of carboxylic acid groups (broad SMARTS) is 1. The third-order valence-electron chi connectivity index (χ3n) is 5.94. The number of piperazine rings is 1. The first-order chi connectivity index (χ1) is 15.2. The molecule has 0 spiro atoms. The lowest BCUT2D eigenvalue weighted by Crippen LogP contribution is -2.43. The lowest BCUT2D eigenvalue weighted by Gasteiger charge is -2.31. The number of aromatic nitrogens is 4. The molecule has 10 heteroatoms. The fraction of sp³-hybridized carbons (Fsp3) is 0.429. The lowest BCUT2D eigenvalue weighted by atomic mass is 9.98. The molecule has 162 valence electrons. The van der Waals surface area contributed by atoms with Crippen LogP contribution in [0.1, 0.15) is 12.8 Å². The van der Waals surface area contributed by atoms with Crippen LogP contribution >= 0.6 is 0 Å². The number of carbonyl (C=O) groups is 1. The predicted molar refractivity (Wildman–Crippen MR) is 119 cm³/mol. The third-order valence-corrected chi connectivity index (χ3v) is 5.94. The van der Waals surface area contributed by atoms with Crippen molar-refractivity contribution in [2.45, 2.75) is 12.8 Å². The summed E-state index contributed by atoms with van der Waals surface area (Å²) in [4.78, 5) is 32.5. The minimum Gasteiger partial charge on any atom is -0.481 e. The van der Waals surface area contributed by atoms with Crippen molar-refractivity contribution in [3.05, 3.63) is 30.6 Å². The van der Waals surface area contributed by atoms with E-state index in [2.05, 4.69) is 42.6 Å². The summed E-state index contributed by atoms with van der Waals surface area (Å²) in [5.41, 5.74) is 3.37. The molecule has 2 fully saturated rings. The second-order valence-corrected chi connectivity index (χ2v) is 8.00. The maximum Gasteiger partial charge on any atom is 0.308 e. The van der Waals surface area contributed by atoms with Gasteiger partial charge >= 0.3 is 5.97 Å². The molecule has 2 aliphatic rings. The van der Waals surface area contributed by atoms with Gasteiger partial charge in [-0.3, -0.25) is 4.79 Å². The molecular formula is C21H26N8O2. The van der Waals surface area contributed by atoms with Crippen molar-refractivity contribution < 1.29 is 9.90 Å². The van der Waals surface area contributed by atoms with Crippen molar-refractivity contribution in [1.29, 1.82) is 0 Å². The van der Waals surface area contributed by atoms with E-state index in [0.29, 0.717) is 30.4 Å². The minimum atomic E-state index is -0.762. The Morgan fingerprint density at radius 2 is 1.90 bits per heavy atom. The van der Waals surface area contributed by atoms with E-state index in [0.717, 1.165) is 50.3 Å². The van der Waals surface area contributed by atoms with E-state index in [1.165, 1.54) is 5.69 Å². The molecule has 0 amide bonds. The van der Waals surface area contributed by atoms with Crippen LogP contribution in [0.2, 0.25) is 0 Å². The largest absolute Gasteiger partial charge is 0.481 e. The van der Waals surface area contributed by atoms with E-state index in [9.17, 15) is 9.90 Å². The zero-order valence-electron chi connectivity index (χ0n) is 17.2. The Kier molecular flexibility index (Phi) is 5.29. The molecule has 31 heavy (non-hydrogen) atoms. The molecule has 4 N–H and O–H groups in total. The van der Waals surface area contributed by atoms with E-state index in [1.54, 1.807) is 6.33 Å². The van der Waals surface area contributed by atoms with Gasteiger partial charge in [-0.2, -0.15) is 9.97 Å². The van der Waals surface area contributed by atoms with Crippen molar-refractivity contribution >= 4 is 40.3 Å². The highest BCUT2D eigenvalue weighted by atomic mass is 16.4. The number of carboxylic acids is 1. The Bertz CT molecular complexity index is 1060. The zero-order valence-corrected chi connectivity index (χ0v) is 17.2. The molecule has 2 aliphatic heterocycles. The zero-order chi connectivity index (χ0) is 21.2. The fourth-order valence-electron chi connectivity index (χ4n) is 4.28. The third kappa shape index (κ3) is 4.11. The summed E-state index contributed by atoms with van der Waals surface area (Å²) in [6.07, 6.45) is 3.09. The van der Waals surface area contributed by atoms with Crippen LogP contribution in [0.5, 0.6) is 0 Å². The normalized spacial score (nSPS) is 19.5. The molecule has 10 nitrogen and oxygen atoms in total. The topological polar surface area (TPSA) is 122 Å². The van der Waals surface area contributed by atoms with Gasteiger partial charge in [0.1, 0.15) is 5.52 Å². The van der Waals surface area contributed by atoms with Crippen LogP contribution in [-0.2, 0) is 4.79 Å². The second-order valence-electron chi connectivity index (χ2n) is 8.00. The Morgan fingerprint density at radius 3 is 2.68 bits per heavy atom. The van der Waals surface area contributed by atoms with Gasteiger partial charge in [0.2, 0.25) is 5.95 Å². The van der Waals surface area contributed by atoms with Crippen LogP contribution in [0.4, 0.5) is 23.1 Å².